The van der Waals surface area contributed by atoms with Gasteiger partial charge in [-0.05, 0) is 31.2 Å². The molecule has 3 rings (SSSR count). The summed E-state index contributed by atoms with van der Waals surface area (Å²) in [5.41, 5.74) is 5.94. The van der Waals surface area contributed by atoms with Crippen molar-refractivity contribution in [1.29, 1.82) is 0 Å². The Morgan fingerprint density at radius 2 is 2.04 bits per heavy atom. The number of anilines is 3. The van der Waals surface area contributed by atoms with Crippen LogP contribution in [-0.2, 0) is 14.8 Å². The van der Waals surface area contributed by atoms with Gasteiger partial charge in [-0.1, -0.05) is 28.3 Å². The highest BCUT2D eigenvalue weighted by Crippen LogP contribution is 2.24. The highest BCUT2D eigenvalue weighted by molar-refractivity contribution is 8.01. The van der Waals surface area contributed by atoms with E-state index in [0.717, 1.165) is 0 Å². The largest absolute Gasteiger partial charge is 0.374 e. The number of aryl methyl sites for hydroxylation is 1. The van der Waals surface area contributed by atoms with Crippen LogP contribution in [0.4, 0.5) is 16.6 Å². The summed E-state index contributed by atoms with van der Waals surface area (Å²) in [6.45, 7) is 1.65. The summed E-state index contributed by atoms with van der Waals surface area (Å²) in [5, 5.41) is 14.1. The topological polar surface area (TPSA) is 153 Å². The quantitative estimate of drug-likeness (QED) is 0.481. The first-order valence-corrected chi connectivity index (χ1v) is 10.7. The average Bonchev–Trinajstić information content (AvgIpc) is 3.21. The number of benzene rings is 1. The molecular weight excluding hydrogens is 412 g/mol. The van der Waals surface area contributed by atoms with Gasteiger partial charge in [-0.2, -0.15) is 0 Å². The van der Waals surface area contributed by atoms with Gasteiger partial charge in [-0.3, -0.25) is 9.52 Å². The van der Waals surface area contributed by atoms with Gasteiger partial charge >= 0.3 is 0 Å². The molecule has 0 spiro atoms. The Hall–Kier alpha value is -2.64. The molecule has 4 N–H and O–H groups in total. The van der Waals surface area contributed by atoms with Crippen molar-refractivity contribution < 1.29 is 17.7 Å². The van der Waals surface area contributed by atoms with Crippen LogP contribution in [0.15, 0.2) is 44.1 Å². The maximum Gasteiger partial charge on any atom is 0.263 e. The molecule has 0 radical (unpaired) electrons. The number of rotatable bonds is 7. The highest BCUT2D eigenvalue weighted by atomic mass is 32.2. The number of aromatic nitrogens is 3. The zero-order valence-corrected chi connectivity index (χ0v) is 16.3. The van der Waals surface area contributed by atoms with Gasteiger partial charge in [0.15, 0.2) is 10.2 Å². The predicted molar refractivity (Wildman–Crippen MR) is 102 cm³/mol. The molecule has 0 saturated carbocycles. The molecule has 27 heavy (non-hydrogen) atoms. The number of nitrogens with two attached hydrogens (primary N) is 1. The lowest BCUT2D eigenvalue weighted by molar-refractivity contribution is -0.113. The summed E-state index contributed by atoms with van der Waals surface area (Å²) in [6, 6.07) is 7.21. The van der Waals surface area contributed by atoms with Gasteiger partial charge in [0, 0.05) is 11.8 Å². The van der Waals surface area contributed by atoms with Crippen molar-refractivity contribution in [3.05, 3.63) is 36.1 Å². The molecule has 0 aliphatic heterocycles. The van der Waals surface area contributed by atoms with Crippen molar-refractivity contribution in [3.8, 4) is 0 Å². The predicted octanol–water partition coefficient (Wildman–Crippen LogP) is 1.95. The Labute approximate surface area is 162 Å². The van der Waals surface area contributed by atoms with E-state index in [-0.39, 0.29) is 22.4 Å². The number of hydrogen-bond donors (Lipinski definition) is 3. The molecule has 0 atom stereocenters. The van der Waals surface area contributed by atoms with E-state index in [1.165, 1.54) is 53.4 Å². The van der Waals surface area contributed by atoms with Crippen LogP contribution in [0.3, 0.4) is 0 Å². The minimum atomic E-state index is -3.80. The van der Waals surface area contributed by atoms with Gasteiger partial charge in [0.05, 0.1) is 10.6 Å². The lowest BCUT2D eigenvalue weighted by atomic mass is 10.3. The fourth-order valence-corrected chi connectivity index (χ4v) is 4.35. The number of thioether (sulfide) groups is 1. The maximum atomic E-state index is 12.3. The molecule has 1 aromatic carbocycles. The van der Waals surface area contributed by atoms with Crippen LogP contribution in [0, 0.1) is 6.92 Å². The Bertz CT molecular complexity index is 1050. The summed E-state index contributed by atoms with van der Waals surface area (Å²) >= 11 is 2.41. The minimum Gasteiger partial charge on any atom is -0.374 e. The second-order valence-corrected chi connectivity index (χ2v) is 9.11. The van der Waals surface area contributed by atoms with Gasteiger partial charge in [0.2, 0.25) is 11.0 Å². The molecule has 1 amide bonds. The van der Waals surface area contributed by atoms with E-state index in [1.54, 1.807) is 6.92 Å². The number of sulfonamides is 1. The van der Waals surface area contributed by atoms with Gasteiger partial charge < -0.3 is 15.6 Å². The zero-order chi connectivity index (χ0) is 19.4. The second kappa shape index (κ2) is 7.94. The third kappa shape index (κ3) is 5.18. The summed E-state index contributed by atoms with van der Waals surface area (Å²) < 4.78 is 32.3. The first kappa shape index (κ1) is 19.1. The highest BCUT2D eigenvalue weighted by Gasteiger charge is 2.16. The third-order valence-corrected chi connectivity index (χ3v) is 6.32. The number of carbonyl (C=O) groups is 1. The molecule has 0 saturated heterocycles. The van der Waals surface area contributed by atoms with E-state index in [1.807, 2.05) is 0 Å². The smallest absolute Gasteiger partial charge is 0.263 e. The molecule has 142 valence electrons. The fraction of sp³-hybridized carbons (Fsp3) is 0.143. The Kier molecular flexibility index (Phi) is 5.62. The molecule has 0 bridgehead atoms. The van der Waals surface area contributed by atoms with Gasteiger partial charge in [-0.15, -0.1) is 10.2 Å². The molecule has 10 nitrogen and oxygen atoms in total. The second-order valence-electron chi connectivity index (χ2n) is 5.20. The Morgan fingerprint density at radius 3 is 2.63 bits per heavy atom. The third-order valence-electron chi connectivity index (χ3n) is 3.06. The first-order chi connectivity index (χ1) is 12.8. The summed E-state index contributed by atoms with van der Waals surface area (Å²) in [7, 11) is -3.80. The number of nitrogens with one attached hydrogen (secondary N) is 2. The SMILES string of the molecule is Cc1cc(NS(=O)(=O)c2ccc(NC(=O)CSc3nnc(N)s3)cc2)no1. The van der Waals surface area contributed by atoms with Crippen LogP contribution in [0.1, 0.15) is 5.76 Å². The van der Waals surface area contributed by atoms with Crippen molar-refractivity contribution >= 4 is 55.7 Å². The zero-order valence-electron chi connectivity index (χ0n) is 13.9. The van der Waals surface area contributed by atoms with Crippen LogP contribution in [-0.4, -0.2) is 35.4 Å². The van der Waals surface area contributed by atoms with E-state index < -0.39 is 10.0 Å². The Balaban J connectivity index is 1.58. The Morgan fingerprint density at radius 1 is 1.30 bits per heavy atom. The van der Waals surface area contributed by atoms with Gasteiger partial charge in [-0.25, -0.2) is 8.42 Å². The normalized spacial score (nSPS) is 11.3. The van der Waals surface area contributed by atoms with Crippen LogP contribution in [0.2, 0.25) is 0 Å². The van der Waals surface area contributed by atoms with Crippen molar-refractivity contribution in [3.63, 3.8) is 0 Å². The van der Waals surface area contributed by atoms with Crippen LogP contribution >= 0.6 is 23.1 Å². The van der Waals surface area contributed by atoms with E-state index >= 15 is 0 Å². The number of hydrogen-bond acceptors (Lipinski definition) is 10. The minimum absolute atomic E-state index is 0.0277. The van der Waals surface area contributed by atoms with Crippen LogP contribution < -0.4 is 15.8 Å². The molecule has 2 heterocycles. The molecule has 0 fully saturated rings. The molecular formula is C14H14N6O4S3. The van der Waals surface area contributed by atoms with Crippen molar-refractivity contribution in [2.24, 2.45) is 0 Å². The average molecular weight is 427 g/mol. The number of nitrogens with zero attached hydrogens (tertiary/aromatic N) is 3. The van der Waals surface area contributed by atoms with E-state index in [2.05, 4.69) is 25.4 Å². The van der Waals surface area contributed by atoms with Crippen LogP contribution in [0.25, 0.3) is 0 Å². The molecule has 2 aromatic heterocycles. The van der Waals surface area contributed by atoms with E-state index in [0.29, 0.717) is 20.9 Å². The lowest BCUT2D eigenvalue weighted by Gasteiger charge is -2.07. The van der Waals surface area contributed by atoms with E-state index in [9.17, 15) is 13.2 Å². The van der Waals surface area contributed by atoms with E-state index in [4.69, 9.17) is 10.3 Å². The molecule has 13 heteroatoms. The van der Waals surface area contributed by atoms with Crippen molar-refractivity contribution in [1.82, 2.24) is 15.4 Å². The van der Waals surface area contributed by atoms with Gasteiger partial charge in [0.1, 0.15) is 5.76 Å². The molecule has 0 aliphatic rings. The maximum absolute atomic E-state index is 12.3. The van der Waals surface area contributed by atoms with Crippen molar-refractivity contribution in [2.45, 2.75) is 16.2 Å². The lowest BCUT2D eigenvalue weighted by Crippen LogP contribution is -2.15. The summed E-state index contributed by atoms with van der Waals surface area (Å²) in [6.07, 6.45) is 0. The standard InChI is InChI=1S/C14H14N6O4S3/c1-8-6-11(19-24-8)20-27(22,23)10-4-2-9(3-5-10)16-12(21)7-25-14-18-17-13(15)26-14/h2-6H,7H2,1H3,(H2,15,17)(H,16,21)(H,19,20). The fourth-order valence-electron chi connectivity index (χ4n) is 1.93. The van der Waals surface area contributed by atoms with Crippen molar-refractivity contribution in [2.75, 3.05) is 21.5 Å². The van der Waals surface area contributed by atoms with Gasteiger partial charge in [0.25, 0.3) is 10.0 Å². The molecule has 3 aromatic rings. The number of carbonyl (C=O) groups excluding carboxylic acids is 1. The summed E-state index contributed by atoms with van der Waals surface area (Å²) in [4.78, 5) is 12.0. The van der Waals surface area contributed by atoms with Crippen LogP contribution in [0.5, 0.6) is 0 Å². The number of amides is 1. The summed E-state index contributed by atoms with van der Waals surface area (Å²) in [5.74, 6) is 0.446. The number of nitrogen functional groups attached to an aromatic ring is 1. The first-order valence-electron chi connectivity index (χ1n) is 7.40. The monoisotopic (exact) mass is 426 g/mol. The molecule has 0 aliphatic carbocycles. The molecule has 0 unspecified atom stereocenters.